The largest absolute Gasteiger partial charge is 0.487 e. The van der Waals surface area contributed by atoms with E-state index in [2.05, 4.69) is 25.9 Å². The van der Waals surface area contributed by atoms with Crippen LogP contribution in [-0.4, -0.2) is 9.97 Å². The highest BCUT2D eigenvalue weighted by Gasteiger charge is 2.05. The van der Waals surface area contributed by atoms with Crippen LogP contribution in [-0.2, 0) is 6.61 Å². The number of rotatable bonds is 3. The summed E-state index contributed by atoms with van der Waals surface area (Å²) in [7, 11) is 0. The van der Waals surface area contributed by atoms with Gasteiger partial charge >= 0.3 is 0 Å². The third-order valence-electron chi connectivity index (χ3n) is 2.86. The molecular formula is C15H9BrF2N2O. The lowest BCUT2D eigenvalue weighted by Gasteiger charge is -2.07. The fourth-order valence-electron chi connectivity index (χ4n) is 1.83. The normalized spacial score (nSPS) is 10.8. The number of hydrogen-bond donors (Lipinski definition) is 0. The van der Waals surface area contributed by atoms with Crippen molar-refractivity contribution in [1.29, 1.82) is 0 Å². The van der Waals surface area contributed by atoms with Crippen LogP contribution in [0.4, 0.5) is 8.78 Å². The molecule has 0 atom stereocenters. The number of fused-ring (bicyclic) bond motifs is 1. The first-order chi connectivity index (χ1) is 10.1. The molecule has 1 aromatic carbocycles. The van der Waals surface area contributed by atoms with Crippen molar-refractivity contribution in [2.24, 2.45) is 0 Å². The van der Waals surface area contributed by atoms with Crippen molar-refractivity contribution in [2.75, 3.05) is 0 Å². The van der Waals surface area contributed by atoms with Crippen molar-refractivity contribution in [3.63, 3.8) is 0 Å². The Balaban J connectivity index is 1.78. The summed E-state index contributed by atoms with van der Waals surface area (Å²) in [4.78, 5) is 8.46. The van der Waals surface area contributed by atoms with E-state index in [9.17, 15) is 8.78 Å². The second kappa shape index (κ2) is 5.73. The van der Waals surface area contributed by atoms with Gasteiger partial charge in [0.2, 0.25) is 0 Å². The van der Waals surface area contributed by atoms with Crippen LogP contribution in [0.2, 0.25) is 0 Å². The molecule has 0 N–H and O–H groups in total. The van der Waals surface area contributed by atoms with E-state index >= 15 is 0 Å². The van der Waals surface area contributed by atoms with Crippen LogP contribution in [0.1, 0.15) is 5.56 Å². The molecule has 0 aliphatic carbocycles. The average Bonchev–Trinajstić information content (AvgIpc) is 2.48. The van der Waals surface area contributed by atoms with Gasteiger partial charge in [-0.05, 0) is 39.7 Å². The van der Waals surface area contributed by atoms with Crippen molar-refractivity contribution in [2.45, 2.75) is 6.61 Å². The molecule has 0 radical (unpaired) electrons. The van der Waals surface area contributed by atoms with E-state index in [4.69, 9.17) is 4.74 Å². The Morgan fingerprint density at radius 2 is 1.71 bits per heavy atom. The van der Waals surface area contributed by atoms with Crippen LogP contribution >= 0.6 is 15.9 Å². The number of pyridine rings is 2. The van der Waals surface area contributed by atoms with Crippen molar-refractivity contribution >= 4 is 27.0 Å². The molecule has 3 nitrogen and oxygen atoms in total. The lowest BCUT2D eigenvalue weighted by Crippen LogP contribution is -1.98. The Kier molecular flexibility index (Phi) is 3.79. The van der Waals surface area contributed by atoms with Gasteiger partial charge in [-0.3, -0.25) is 9.97 Å². The molecule has 3 rings (SSSR count). The Morgan fingerprint density at radius 1 is 0.952 bits per heavy atom. The van der Waals surface area contributed by atoms with Crippen LogP contribution < -0.4 is 4.74 Å². The van der Waals surface area contributed by atoms with E-state index in [1.807, 2.05) is 6.07 Å². The van der Waals surface area contributed by atoms with Gasteiger partial charge in [-0.2, -0.15) is 0 Å². The van der Waals surface area contributed by atoms with Gasteiger partial charge in [0.1, 0.15) is 12.4 Å². The topological polar surface area (TPSA) is 35.0 Å². The van der Waals surface area contributed by atoms with Crippen molar-refractivity contribution in [3.8, 4) is 5.75 Å². The van der Waals surface area contributed by atoms with E-state index in [0.29, 0.717) is 16.8 Å². The first kappa shape index (κ1) is 13.9. The second-order valence-corrected chi connectivity index (χ2v) is 5.32. The fraction of sp³-hybridized carbons (Fsp3) is 0.0667. The standard InChI is InChI=1S/C15H9BrF2N2O/c16-10-4-14-15(19-6-10)5-11(7-20-14)21-8-9-1-2-12(17)13(18)3-9/h1-7H,8H2. The van der Waals surface area contributed by atoms with E-state index in [-0.39, 0.29) is 6.61 Å². The van der Waals surface area contributed by atoms with E-state index in [0.717, 1.165) is 22.1 Å². The predicted molar refractivity (Wildman–Crippen MR) is 77.9 cm³/mol. The molecule has 0 amide bonds. The molecule has 2 heterocycles. The maximum absolute atomic E-state index is 13.1. The van der Waals surface area contributed by atoms with Gasteiger partial charge in [-0.1, -0.05) is 6.07 Å². The molecule has 0 bridgehead atoms. The number of aromatic nitrogens is 2. The molecule has 21 heavy (non-hydrogen) atoms. The molecule has 0 saturated heterocycles. The van der Waals surface area contributed by atoms with Gasteiger partial charge in [-0.25, -0.2) is 8.78 Å². The van der Waals surface area contributed by atoms with E-state index < -0.39 is 11.6 Å². The number of halogens is 3. The molecule has 2 aromatic heterocycles. The predicted octanol–water partition coefficient (Wildman–Crippen LogP) is 4.25. The average molecular weight is 351 g/mol. The highest BCUT2D eigenvalue weighted by Crippen LogP contribution is 2.20. The molecule has 0 fully saturated rings. The third kappa shape index (κ3) is 3.16. The molecular weight excluding hydrogens is 342 g/mol. The fourth-order valence-corrected chi connectivity index (χ4v) is 2.15. The Morgan fingerprint density at radius 3 is 2.52 bits per heavy atom. The van der Waals surface area contributed by atoms with Gasteiger partial charge in [-0.15, -0.1) is 0 Å². The lowest BCUT2D eigenvalue weighted by atomic mass is 10.2. The molecule has 0 unspecified atom stereocenters. The zero-order valence-electron chi connectivity index (χ0n) is 10.7. The molecule has 0 saturated carbocycles. The number of benzene rings is 1. The third-order valence-corrected chi connectivity index (χ3v) is 3.30. The van der Waals surface area contributed by atoms with Crippen LogP contribution in [0.5, 0.6) is 5.75 Å². The van der Waals surface area contributed by atoms with Crippen LogP contribution in [0.25, 0.3) is 11.0 Å². The number of nitrogens with zero attached hydrogens (tertiary/aromatic N) is 2. The van der Waals surface area contributed by atoms with E-state index in [1.165, 1.54) is 6.07 Å². The minimum Gasteiger partial charge on any atom is -0.487 e. The van der Waals surface area contributed by atoms with E-state index in [1.54, 1.807) is 18.5 Å². The van der Waals surface area contributed by atoms with Crippen LogP contribution in [0, 0.1) is 11.6 Å². The first-order valence-corrected chi connectivity index (χ1v) is 6.89. The summed E-state index contributed by atoms with van der Waals surface area (Å²) < 4.78 is 32.3. The van der Waals surface area contributed by atoms with Crippen LogP contribution in [0.3, 0.4) is 0 Å². The van der Waals surface area contributed by atoms with Crippen molar-refractivity contribution < 1.29 is 13.5 Å². The minimum atomic E-state index is -0.890. The zero-order valence-corrected chi connectivity index (χ0v) is 12.3. The maximum atomic E-state index is 13.1. The number of hydrogen-bond acceptors (Lipinski definition) is 3. The quantitative estimate of drug-likeness (QED) is 0.708. The summed E-state index contributed by atoms with van der Waals surface area (Å²) >= 11 is 3.32. The Labute approximate surface area is 127 Å². The van der Waals surface area contributed by atoms with Crippen molar-refractivity contribution in [3.05, 3.63) is 64.4 Å². The van der Waals surface area contributed by atoms with Gasteiger partial charge in [0.25, 0.3) is 0 Å². The van der Waals surface area contributed by atoms with Gasteiger partial charge < -0.3 is 4.74 Å². The van der Waals surface area contributed by atoms with Crippen LogP contribution in [0.15, 0.2) is 47.2 Å². The molecule has 0 aliphatic rings. The first-order valence-electron chi connectivity index (χ1n) is 6.10. The highest BCUT2D eigenvalue weighted by atomic mass is 79.9. The summed E-state index contributed by atoms with van der Waals surface area (Å²) in [5.74, 6) is -1.25. The molecule has 0 aliphatic heterocycles. The summed E-state index contributed by atoms with van der Waals surface area (Å²) in [5, 5.41) is 0. The van der Waals surface area contributed by atoms with Gasteiger partial charge in [0.15, 0.2) is 11.6 Å². The lowest BCUT2D eigenvalue weighted by molar-refractivity contribution is 0.304. The second-order valence-electron chi connectivity index (χ2n) is 4.40. The maximum Gasteiger partial charge on any atom is 0.159 e. The minimum absolute atomic E-state index is 0.126. The highest BCUT2D eigenvalue weighted by molar-refractivity contribution is 9.10. The summed E-state index contributed by atoms with van der Waals surface area (Å²) in [5.41, 5.74) is 1.98. The summed E-state index contributed by atoms with van der Waals surface area (Å²) in [6.07, 6.45) is 3.24. The number of ether oxygens (including phenoxy) is 1. The van der Waals surface area contributed by atoms with Gasteiger partial charge in [0.05, 0.1) is 17.2 Å². The Bertz CT molecular complexity index is 811. The molecule has 3 aromatic rings. The summed E-state index contributed by atoms with van der Waals surface area (Å²) in [6, 6.07) is 7.25. The smallest absolute Gasteiger partial charge is 0.159 e. The van der Waals surface area contributed by atoms with Crippen molar-refractivity contribution in [1.82, 2.24) is 9.97 Å². The molecule has 106 valence electrons. The monoisotopic (exact) mass is 350 g/mol. The Hall–Kier alpha value is -2.08. The zero-order chi connectivity index (χ0) is 14.8. The SMILES string of the molecule is Fc1ccc(COc2cnc3cc(Br)cnc3c2)cc1F. The molecule has 0 spiro atoms. The van der Waals surface area contributed by atoms with Gasteiger partial charge in [0, 0.05) is 16.7 Å². The summed E-state index contributed by atoms with van der Waals surface area (Å²) in [6.45, 7) is 0.126. The molecule has 6 heteroatoms.